The number of amides is 2. The number of hydrogen-bond acceptors (Lipinski definition) is 6. The summed E-state index contributed by atoms with van der Waals surface area (Å²) in [5.74, 6) is -1.16. The van der Waals surface area contributed by atoms with Crippen molar-refractivity contribution in [1.82, 2.24) is 20.2 Å². The maximum absolute atomic E-state index is 12.1. The minimum atomic E-state index is -3.90. The van der Waals surface area contributed by atoms with Crippen LogP contribution in [0.5, 0.6) is 0 Å². The van der Waals surface area contributed by atoms with E-state index in [1.54, 1.807) is 0 Å². The van der Waals surface area contributed by atoms with Crippen molar-refractivity contribution in [1.29, 1.82) is 0 Å². The summed E-state index contributed by atoms with van der Waals surface area (Å²) in [7, 11) is -3.90. The van der Waals surface area contributed by atoms with Gasteiger partial charge in [0.05, 0.1) is 16.0 Å². The van der Waals surface area contributed by atoms with Gasteiger partial charge >= 0.3 is 0 Å². The van der Waals surface area contributed by atoms with E-state index in [-0.39, 0.29) is 16.0 Å². The molecule has 20 heavy (non-hydrogen) atoms. The van der Waals surface area contributed by atoms with Crippen molar-refractivity contribution in [3.05, 3.63) is 42.0 Å². The Morgan fingerprint density at radius 2 is 1.70 bits per heavy atom. The molecule has 0 fully saturated rings. The van der Waals surface area contributed by atoms with Crippen LogP contribution in [0.1, 0.15) is 20.7 Å². The summed E-state index contributed by atoms with van der Waals surface area (Å²) in [5.41, 5.74) is 0.180. The highest BCUT2D eigenvalue weighted by molar-refractivity contribution is 7.92. The maximum Gasteiger partial charge on any atom is 0.275 e. The number of carbonyl (C=O) groups excluding carboxylic acids is 2. The van der Waals surface area contributed by atoms with Crippen molar-refractivity contribution in [2.45, 2.75) is 4.90 Å². The van der Waals surface area contributed by atoms with Gasteiger partial charge in [-0.25, -0.2) is 9.51 Å². The van der Waals surface area contributed by atoms with Gasteiger partial charge in [0.2, 0.25) is 0 Å². The lowest BCUT2D eigenvalue weighted by molar-refractivity contribution is 0.0879. The first-order valence-electron chi connectivity index (χ1n) is 5.34. The molecule has 0 radical (unpaired) electrons. The van der Waals surface area contributed by atoms with Crippen LogP contribution in [0.2, 0.25) is 0 Å². The van der Waals surface area contributed by atoms with Gasteiger partial charge in [0.1, 0.15) is 12.7 Å². The van der Waals surface area contributed by atoms with Crippen molar-refractivity contribution >= 4 is 21.8 Å². The first-order valence-corrected chi connectivity index (χ1v) is 6.83. The van der Waals surface area contributed by atoms with E-state index in [4.69, 9.17) is 0 Å². The van der Waals surface area contributed by atoms with Gasteiger partial charge in [-0.2, -0.15) is 8.42 Å². The first-order chi connectivity index (χ1) is 9.47. The predicted molar refractivity (Wildman–Crippen MR) is 64.8 cm³/mol. The van der Waals surface area contributed by atoms with Gasteiger partial charge < -0.3 is 0 Å². The molecule has 0 atom stereocenters. The molecule has 0 aliphatic carbocycles. The molecule has 2 heterocycles. The number of fused-ring (bicyclic) bond motifs is 1. The third-order valence-electron chi connectivity index (χ3n) is 2.66. The van der Waals surface area contributed by atoms with E-state index in [1.807, 2.05) is 0 Å². The van der Waals surface area contributed by atoms with Crippen LogP contribution in [-0.2, 0) is 10.0 Å². The number of nitrogens with one attached hydrogen (secondary N) is 2. The third kappa shape index (κ3) is 1.91. The maximum atomic E-state index is 12.1. The molecule has 0 saturated heterocycles. The Kier molecular flexibility index (Phi) is 2.54. The summed E-state index contributed by atoms with van der Waals surface area (Å²) in [6.45, 7) is 0. The molecule has 2 N–H and O–H groups in total. The highest BCUT2D eigenvalue weighted by atomic mass is 32.2. The second-order valence-electron chi connectivity index (χ2n) is 3.95. The second kappa shape index (κ2) is 4.13. The number of aromatic nitrogens is 3. The van der Waals surface area contributed by atoms with Crippen molar-refractivity contribution < 1.29 is 18.0 Å². The predicted octanol–water partition coefficient (Wildman–Crippen LogP) is -0.906. The highest BCUT2D eigenvalue weighted by Crippen LogP contribution is 2.20. The average Bonchev–Trinajstić information content (AvgIpc) is 2.98. The SMILES string of the molecule is O=C1NC(=O)c2cc(S(=O)(=O)Nn3cnnc3)ccc21. The Morgan fingerprint density at radius 3 is 2.40 bits per heavy atom. The van der Waals surface area contributed by atoms with Gasteiger partial charge in [0.25, 0.3) is 21.8 Å². The van der Waals surface area contributed by atoms with Gasteiger partial charge in [-0.15, -0.1) is 10.2 Å². The third-order valence-corrected chi connectivity index (χ3v) is 3.99. The highest BCUT2D eigenvalue weighted by Gasteiger charge is 2.28. The van der Waals surface area contributed by atoms with Crippen LogP contribution >= 0.6 is 0 Å². The van der Waals surface area contributed by atoms with Gasteiger partial charge in [0, 0.05) is 0 Å². The van der Waals surface area contributed by atoms with Crippen LogP contribution < -0.4 is 10.1 Å². The fourth-order valence-electron chi connectivity index (χ4n) is 1.75. The number of rotatable bonds is 3. The molecule has 0 saturated carbocycles. The summed E-state index contributed by atoms with van der Waals surface area (Å²) in [6.07, 6.45) is 2.34. The van der Waals surface area contributed by atoms with Gasteiger partial charge in [0.15, 0.2) is 0 Å². The Labute approximate surface area is 112 Å². The van der Waals surface area contributed by atoms with Crippen molar-refractivity contribution in [3.63, 3.8) is 0 Å². The monoisotopic (exact) mass is 293 g/mol. The first kappa shape index (κ1) is 12.3. The van der Waals surface area contributed by atoms with Crippen LogP contribution in [0, 0.1) is 0 Å². The largest absolute Gasteiger partial charge is 0.288 e. The Hall–Kier alpha value is -2.75. The van der Waals surface area contributed by atoms with E-state index in [1.165, 1.54) is 24.8 Å². The van der Waals surface area contributed by atoms with Crippen LogP contribution in [-0.4, -0.2) is 35.1 Å². The number of sulfonamides is 1. The van der Waals surface area contributed by atoms with Crippen molar-refractivity contribution in [2.24, 2.45) is 0 Å². The normalized spacial score (nSPS) is 14.0. The second-order valence-corrected chi connectivity index (χ2v) is 5.62. The average molecular weight is 293 g/mol. The van der Waals surface area contributed by atoms with Gasteiger partial charge in [-0.1, -0.05) is 0 Å². The smallest absolute Gasteiger partial charge is 0.275 e. The van der Waals surface area contributed by atoms with E-state index >= 15 is 0 Å². The Bertz CT molecular complexity index is 812. The van der Waals surface area contributed by atoms with E-state index < -0.39 is 21.8 Å². The number of carbonyl (C=O) groups is 2. The van der Waals surface area contributed by atoms with Crippen LogP contribution in [0.25, 0.3) is 0 Å². The molecule has 1 aliphatic rings. The fourth-order valence-corrected chi connectivity index (χ4v) is 2.75. The molecule has 102 valence electrons. The molecule has 10 heteroatoms. The fraction of sp³-hybridized carbons (Fsp3) is 0. The number of hydrogen-bond donors (Lipinski definition) is 2. The molecule has 3 rings (SSSR count). The molecule has 0 unspecified atom stereocenters. The van der Waals surface area contributed by atoms with Crippen molar-refractivity contribution in [3.8, 4) is 0 Å². The van der Waals surface area contributed by atoms with E-state index in [0.717, 1.165) is 10.7 Å². The number of nitrogens with zero attached hydrogens (tertiary/aromatic N) is 3. The zero-order chi connectivity index (χ0) is 14.3. The summed E-state index contributed by atoms with van der Waals surface area (Å²) in [4.78, 5) is 24.9. The standard InChI is InChI=1S/C10H7N5O4S/c16-9-7-2-1-6(3-8(7)10(17)13-9)20(18,19)14-15-4-11-12-5-15/h1-5,14H,(H,13,16,17). The zero-order valence-electron chi connectivity index (χ0n) is 9.77. The number of imide groups is 1. The summed E-state index contributed by atoms with van der Waals surface area (Å²) in [6, 6.07) is 3.67. The molecule has 1 aromatic carbocycles. The molecular formula is C10H7N5O4S. The van der Waals surface area contributed by atoms with Crippen molar-refractivity contribution in [2.75, 3.05) is 4.83 Å². The van der Waals surface area contributed by atoms with E-state index in [2.05, 4.69) is 20.3 Å². The molecule has 0 bridgehead atoms. The topological polar surface area (TPSA) is 123 Å². The van der Waals surface area contributed by atoms with E-state index in [9.17, 15) is 18.0 Å². The molecule has 1 aliphatic heterocycles. The molecule has 2 amide bonds. The minimum absolute atomic E-state index is 0.0293. The molecular weight excluding hydrogens is 286 g/mol. The zero-order valence-corrected chi connectivity index (χ0v) is 10.6. The molecule has 1 aromatic heterocycles. The van der Waals surface area contributed by atoms with Crippen LogP contribution in [0.3, 0.4) is 0 Å². The summed E-state index contributed by atoms with van der Waals surface area (Å²) < 4.78 is 25.2. The molecule has 0 spiro atoms. The van der Waals surface area contributed by atoms with Gasteiger partial charge in [-0.3, -0.25) is 14.9 Å². The lowest BCUT2D eigenvalue weighted by Gasteiger charge is -2.08. The van der Waals surface area contributed by atoms with E-state index in [0.29, 0.717) is 0 Å². The number of benzene rings is 1. The lowest BCUT2D eigenvalue weighted by Crippen LogP contribution is -2.22. The Balaban J connectivity index is 2.01. The van der Waals surface area contributed by atoms with Gasteiger partial charge in [-0.05, 0) is 18.2 Å². The molecule has 2 aromatic rings. The Morgan fingerprint density at radius 1 is 1.05 bits per heavy atom. The lowest BCUT2D eigenvalue weighted by atomic mass is 10.1. The summed E-state index contributed by atoms with van der Waals surface area (Å²) >= 11 is 0. The summed E-state index contributed by atoms with van der Waals surface area (Å²) in [5, 5.41) is 9.00. The molecule has 9 nitrogen and oxygen atoms in total. The van der Waals surface area contributed by atoms with Crippen LogP contribution in [0.4, 0.5) is 0 Å². The minimum Gasteiger partial charge on any atom is -0.288 e. The quantitative estimate of drug-likeness (QED) is 0.706. The van der Waals surface area contributed by atoms with Crippen LogP contribution in [0.15, 0.2) is 35.7 Å².